The molecule has 0 aliphatic rings. The Balaban J connectivity index is 2.39. The molecule has 0 radical (unpaired) electrons. The molecule has 10 heteroatoms. The fourth-order valence-corrected chi connectivity index (χ4v) is 2.18. The van der Waals surface area contributed by atoms with Crippen molar-refractivity contribution >= 4 is 17.5 Å². The summed E-state index contributed by atoms with van der Waals surface area (Å²) >= 11 is 0. The minimum absolute atomic E-state index is 0.129. The van der Waals surface area contributed by atoms with Gasteiger partial charge in [-0.2, -0.15) is 18.4 Å². The second kappa shape index (κ2) is 7.10. The first kappa shape index (κ1) is 18.7. The lowest BCUT2D eigenvalue weighted by atomic mass is 10.2. The van der Waals surface area contributed by atoms with Gasteiger partial charge in [-0.25, -0.2) is 0 Å². The van der Waals surface area contributed by atoms with Crippen molar-refractivity contribution in [3.05, 3.63) is 63.6 Å². The van der Waals surface area contributed by atoms with Crippen molar-refractivity contribution in [2.24, 2.45) is 5.73 Å². The van der Waals surface area contributed by atoms with Crippen LogP contribution in [0.15, 0.2) is 41.2 Å². The Labute approximate surface area is 144 Å². The van der Waals surface area contributed by atoms with Crippen molar-refractivity contribution in [2.45, 2.75) is 12.7 Å². The summed E-state index contributed by atoms with van der Waals surface area (Å²) < 4.78 is 39.4. The van der Waals surface area contributed by atoms with Gasteiger partial charge in [-0.15, -0.1) is 0 Å². The van der Waals surface area contributed by atoms with E-state index in [9.17, 15) is 27.6 Å². The summed E-state index contributed by atoms with van der Waals surface area (Å²) in [6.07, 6.45) is -4.92. The number of nitriles is 1. The molecule has 0 bridgehead atoms. The topological polar surface area (TPSA) is 118 Å². The van der Waals surface area contributed by atoms with E-state index >= 15 is 0 Å². The number of anilines is 1. The maximum Gasteiger partial charge on any atom is 0.431 e. The van der Waals surface area contributed by atoms with E-state index in [1.54, 1.807) is 0 Å². The van der Waals surface area contributed by atoms with Gasteiger partial charge in [0.15, 0.2) is 0 Å². The summed E-state index contributed by atoms with van der Waals surface area (Å²) in [6.45, 7) is -0.994. The van der Waals surface area contributed by atoms with E-state index in [-0.39, 0.29) is 15.8 Å². The Morgan fingerprint density at radius 3 is 2.50 bits per heavy atom. The molecule has 7 nitrogen and oxygen atoms in total. The van der Waals surface area contributed by atoms with Crippen LogP contribution in [0.5, 0.6) is 0 Å². The van der Waals surface area contributed by atoms with Crippen molar-refractivity contribution in [2.75, 3.05) is 5.32 Å². The lowest BCUT2D eigenvalue weighted by molar-refractivity contribution is -0.144. The van der Waals surface area contributed by atoms with E-state index in [4.69, 9.17) is 11.0 Å². The minimum Gasteiger partial charge on any atom is -0.365 e. The molecule has 0 aliphatic carbocycles. The standard InChI is InChI=1S/C16H11F3N4O3/c17-16(18,19)12-5-4-11(14(21)25)15(26)23(12)8-13(24)22-10-3-1-2-9(6-10)7-20/h1-6H,8H2,(H2,21,25)(H,22,24). The van der Waals surface area contributed by atoms with Gasteiger partial charge in [0.25, 0.3) is 11.5 Å². The van der Waals surface area contributed by atoms with E-state index in [1.807, 2.05) is 6.07 Å². The van der Waals surface area contributed by atoms with E-state index in [0.717, 1.165) is 0 Å². The van der Waals surface area contributed by atoms with Crippen molar-refractivity contribution in [3.63, 3.8) is 0 Å². The lowest BCUT2D eigenvalue weighted by Crippen LogP contribution is -2.36. The number of carbonyl (C=O) groups excluding carboxylic acids is 2. The Hall–Kier alpha value is -3.61. The molecule has 2 amide bonds. The molecule has 134 valence electrons. The average molecular weight is 364 g/mol. The van der Waals surface area contributed by atoms with Crippen molar-refractivity contribution in [3.8, 4) is 6.07 Å². The lowest BCUT2D eigenvalue weighted by Gasteiger charge is -2.16. The van der Waals surface area contributed by atoms with Crippen molar-refractivity contribution in [1.29, 1.82) is 5.26 Å². The number of carbonyl (C=O) groups is 2. The first-order valence-electron chi connectivity index (χ1n) is 7.04. The van der Waals surface area contributed by atoms with Gasteiger partial charge in [-0.05, 0) is 30.3 Å². The average Bonchev–Trinajstić information content (AvgIpc) is 2.55. The summed E-state index contributed by atoms with van der Waals surface area (Å²) in [5.41, 5.74) is 1.97. The monoisotopic (exact) mass is 364 g/mol. The Morgan fingerprint density at radius 1 is 1.23 bits per heavy atom. The number of nitrogens with two attached hydrogens (primary N) is 1. The Kier molecular flexibility index (Phi) is 5.11. The number of rotatable bonds is 4. The Bertz CT molecular complexity index is 974. The van der Waals surface area contributed by atoms with Crippen LogP contribution >= 0.6 is 0 Å². The molecule has 1 heterocycles. The minimum atomic E-state index is -4.92. The van der Waals surface area contributed by atoms with E-state index in [1.165, 1.54) is 24.3 Å². The van der Waals surface area contributed by atoms with Crippen molar-refractivity contribution < 1.29 is 22.8 Å². The molecule has 0 saturated heterocycles. The van der Waals surface area contributed by atoms with Crippen LogP contribution in [0.2, 0.25) is 0 Å². The summed E-state index contributed by atoms with van der Waals surface area (Å²) in [4.78, 5) is 35.3. The summed E-state index contributed by atoms with van der Waals surface area (Å²) in [5, 5.41) is 11.1. The number of benzene rings is 1. The third kappa shape index (κ3) is 4.07. The molecule has 0 spiro atoms. The molecule has 2 rings (SSSR count). The number of nitrogens with zero attached hydrogens (tertiary/aromatic N) is 2. The molecule has 0 fully saturated rings. The number of hydrogen-bond acceptors (Lipinski definition) is 4. The molecule has 0 unspecified atom stereocenters. The highest BCUT2D eigenvalue weighted by Crippen LogP contribution is 2.28. The summed E-state index contributed by atoms with van der Waals surface area (Å²) in [7, 11) is 0. The van der Waals surface area contributed by atoms with Crippen LogP contribution in [0.4, 0.5) is 18.9 Å². The highest BCUT2D eigenvalue weighted by Gasteiger charge is 2.35. The fourth-order valence-electron chi connectivity index (χ4n) is 2.18. The molecule has 0 saturated carbocycles. The zero-order chi connectivity index (χ0) is 19.5. The van der Waals surface area contributed by atoms with E-state index in [0.29, 0.717) is 12.1 Å². The highest BCUT2D eigenvalue weighted by molar-refractivity contribution is 5.93. The van der Waals surface area contributed by atoms with Gasteiger partial charge in [0.05, 0.1) is 11.6 Å². The highest BCUT2D eigenvalue weighted by atomic mass is 19.4. The van der Waals surface area contributed by atoms with E-state index < -0.39 is 41.4 Å². The van der Waals surface area contributed by atoms with Gasteiger partial charge in [0, 0.05) is 5.69 Å². The molecule has 1 aromatic carbocycles. The number of hydrogen-bond donors (Lipinski definition) is 2. The predicted molar refractivity (Wildman–Crippen MR) is 84.0 cm³/mol. The second-order valence-corrected chi connectivity index (χ2v) is 5.13. The predicted octanol–water partition coefficient (Wildman–Crippen LogP) is 1.48. The maximum absolute atomic E-state index is 13.1. The molecule has 2 aromatic rings. The van der Waals surface area contributed by atoms with Crippen LogP contribution in [-0.2, 0) is 17.5 Å². The maximum atomic E-state index is 13.1. The van der Waals surface area contributed by atoms with Crippen LogP contribution in [0.25, 0.3) is 0 Å². The number of nitrogens with one attached hydrogen (secondary N) is 1. The third-order valence-electron chi connectivity index (χ3n) is 3.31. The quantitative estimate of drug-likeness (QED) is 0.854. The van der Waals surface area contributed by atoms with Crippen LogP contribution in [0, 0.1) is 11.3 Å². The number of aromatic nitrogens is 1. The molecule has 26 heavy (non-hydrogen) atoms. The van der Waals surface area contributed by atoms with Gasteiger partial charge in [-0.3, -0.25) is 19.0 Å². The Morgan fingerprint density at radius 2 is 1.92 bits per heavy atom. The van der Waals surface area contributed by atoms with Gasteiger partial charge >= 0.3 is 6.18 Å². The summed E-state index contributed by atoms with van der Waals surface area (Å²) in [6, 6.07) is 8.68. The van der Waals surface area contributed by atoms with Gasteiger partial charge in [-0.1, -0.05) is 6.07 Å². The van der Waals surface area contributed by atoms with Gasteiger partial charge < -0.3 is 11.1 Å². The van der Waals surface area contributed by atoms with Gasteiger partial charge in [0.1, 0.15) is 17.8 Å². The van der Waals surface area contributed by atoms with Crippen LogP contribution in [0.3, 0.4) is 0 Å². The fraction of sp³-hybridized carbons (Fsp3) is 0.125. The number of alkyl halides is 3. The molecular formula is C16H11F3N4O3. The molecular weight excluding hydrogens is 353 g/mol. The molecule has 3 N–H and O–H groups in total. The largest absolute Gasteiger partial charge is 0.431 e. The number of pyridine rings is 1. The third-order valence-corrected chi connectivity index (χ3v) is 3.31. The SMILES string of the molecule is N#Cc1cccc(NC(=O)Cn2c(C(F)(F)F)ccc(C(N)=O)c2=O)c1. The number of halogens is 3. The molecule has 1 aromatic heterocycles. The first-order valence-corrected chi connectivity index (χ1v) is 7.04. The zero-order valence-electron chi connectivity index (χ0n) is 13.0. The second-order valence-electron chi connectivity index (χ2n) is 5.13. The first-order chi connectivity index (χ1) is 12.1. The van der Waals surface area contributed by atoms with Gasteiger partial charge in [0.2, 0.25) is 5.91 Å². The molecule has 0 aliphatic heterocycles. The number of amides is 2. The van der Waals surface area contributed by atoms with Crippen LogP contribution in [-0.4, -0.2) is 16.4 Å². The smallest absolute Gasteiger partial charge is 0.365 e. The van der Waals surface area contributed by atoms with Crippen LogP contribution < -0.4 is 16.6 Å². The van der Waals surface area contributed by atoms with Crippen molar-refractivity contribution in [1.82, 2.24) is 4.57 Å². The van der Waals surface area contributed by atoms with E-state index in [2.05, 4.69) is 5.32 Å². The van der Waals surface area contributed by atoms with Crippen LogP contribution in [0.1, 0.15) is 21.6 Å². The molecule has 0 atom stereocenters. The normalized spacial score (nSPS) is 10.8. The number of primary amides is 1. The summed E-state index contributed by atoms with van der Waals surface area (Å²) in [5.74, 6) is -2.16. The zero-order valence-corrected chi connectivity index (χ0v) is 13.0.